The average Bonchev–Trinajstić information content (AvgIpc) is 2.56. The van der Waals surface area contributed by atoms with Gasteiger partial charge in [0, 0.05) is 17.8 Å². The first-order valence-corrected chi connectivity index (χ1v) is 6.72. The largest absolute Gasteiger partial charge is 0.362 e. The summed E-state index contributed by atoms with van der Waals surface area (Å²) in [6, 6.07) is 1.97. The van der Waals surface area contributed by atoms with Crippen molar-refractivity contribution in [2.75, 3.05) is 5.75 Å². The molecule has 0 aromatic carbocycles. The van der Waals surface area contributed by atoms with Crippen LogP contribution in [0.25, 0.3) is 0 Å². The Morgan fingerprint density at radius 3 is 2.73 bits per heavy atom. The first kappa shape index (κ1) is 10.7. The Morgan fingerprint density at radius 1 is 1.33 bits per heavy atom. The van der Waals surface area contributed by atoms with Gasteiger partial charge in [0.05, 0.1) is 5.75 Å². The van der Waals surface area contributed by atoms with Gasteiger partial charge in [-0.1, -0.05) is 0 Å². The minimum absolute atomic E-state index is 0.242. The van der Waals surface area contributed by atoms with E-state index in [1.54, 1.807) is 0 Å². The molecule has 0 saturated carbocycles. The van der Waals surface area contributed by atoms with Crippen molar-refractivity contribution in [2.24, 2.45) is 0 Å². The van der Waals surface area contributed by atoms with E-state index in [4.69, 9.17) is 0 Å². The second-order valence-electron chi connectivity index (χ2n) is 4.00. The van der Waals surface area contributed by atoms with Crippen LogP contribution in [-0.2, 0) is 29.5 Å². The highest BCUT2D eigenvalue weighted by Crippen LogP contribution is 2.21. The molecule has 0 unspecified atom stereocenters. The summed E-state index contributed by atoms with van der Waals surface area (Å²) in [6.45, 7) is 0. The maximum atomic E-state index is 12.3. The highest BCUT2D eigenvalue weighted by molar-refractivity contribution is 7.86. The van der Waals surface area contributed by atoms with Gasteiger partial charge in [0.15, 0.2) is 0 Å². The zero-order valence-corrected chi connectivity index (χ0v) is 9.24. The summed E-state index contributed by atoms with van der Waals surface area (Å²) in [5, 5.41) is 0. The van der Waals surface area contributed by atoms with E-state index >= 15 is 0 Å². The third-order valence-electron chi connectivity index (χ3n) is 2.79. The predicted molar refractivity (Wildman–Crippen MR) is 56.0 cm³/mol. The number of H-pyrrole nitrogens is 1. The van der Waals surface area contributed by atoms with Crippen molar-refractivity contribution in [3.63, 3.8) is 0 Å². The number of hydrogen-bond acceptors (Lipinski definition) is 2. The highest BCUT2D eigenvalue weighted by Gasteiger charge is 2.14. The highest BCUT2D eigenvalue weighted by atomic mass is 32.3. The van der Waals surface area contributed by atoms with Gasteiger partial charge >= 0.3 is 10.2 Å². The fraction of sp³-hybridized carbons (Fsp3) is 0.600. The minimum atomic E-state index is -4.34. The van der Waals surface area contributed by atoms with Gasteiger partial charge in [-0.05, 0) is 37.3 Å². The van der Waals surface area contributed by atoms with E-state index in [0.717, 1.165) is 18.5 Å². The van der Waals surface area contributed by atoms with Crippen LogP contribution in [0, 0.1) is 0 Å². The van der Waals surface area contributed by atoms with Crippen molar-refractivity contribution in [3.05, 3.63) is 23.0 Å². The van der Waals surface area contributed by atoms with Gasteiger partial charge in [0.2, 0.25) is 0 Å². The second-order valence-corrected chi connectivity index (χ2v) is 5.48. The fourth-order valence-electron chi connectivity index (χ4n) is 2.04. The maximum Gasteiger partial charge on any atom is 0.302 e. The van der Waals surface area contributed by atoms with E-state index in [-0.39, 0.29) is 6.42 Å². The van der Waals surface area contributed by atoms with Crippen molar-refractivity contribution < 1.29 is 12.3 Å². The zero-order valence-electron chi connectivity index (χ0n) is 8.42. The van der Waals surface area contributed by atoms with Gasteiger partial charge in [-0.25, -0.2) is 0 Å². The molecule has 1 aliphatic carbocycles. The van der Waals surface area contributed by atoms with Gasteiger partial charge in [-0.15, -0.1) is 3.89 Å². The van der Waals surface area contributed by atoms with Crippen molar-refractivity contribution in [1.82, 2.24) is 4.98 Å². The molecule has 0 amide bonds. The molecular formula is C10H14FNO2S. The first-order chi connectivity index (χ1) is 7.04. The van der Waals surface area contributed by atoms with Crippen LogP contribution in [0.1, 0.15) is 29.8 Å². The molecule has 84 valence electrons. The number of aryl methyl sites for hydroxylation is 3. The van der Waals surface area contributed by atoms with E-state index in [0.29, 0.717) is 0 Å². The Balaban J connectivity index is 2.07. The molecule has 1 aliphatic rings. The van der Waals surface area contributed by atoms with Crippen LogP contribution in [0.4, 0.5) is 3.89 Å². The Kier molecular flexibility index (Phi) is 2.82. The topological polar surface area (TPSA) is 49.9 Å². The molecule has 1 N–H and O–H groups in total. The molecule has 2 rings (SSSR count). The number of aromatic amines is 1. The van der Waals surface area contributed by atoms with Crippen LogP contribution in [0.15, 0.2) is 6.07 Å². The fourth-order valence-corrected chi connectivity index (χ4v) is 2.50. The second kappa shape index (κ2) is 3.96. The number of aromatic nitrogens is 1. The third-order valence-corrected chi connectivity index (χ3v) is 3.48. The molecule has 1 aromatic heterocycles. The van der Waals surface area contributed by atoms with Gasteiger partial charge in [-0.3, -0.25) is 0 Å². The molecule has 0 aliphatic heterocycles. The molecule has 0 spiro atoms. The molecule has 0 fully saturated rings. The quantitative estimate of drug-likeness (QED) is 0.805. The predicted octanol–water partition coefficient (Wildman–Crippen LogP) is 1.74. The monoisotopic (exact) mass is 231 g/mol. The Hall–Kier alpha value is -0.840. The lowest BCUT2D eigenvalue weighted by Crippen LogP contribution is -2.02. The van der Waals surface area contributed by atoms with Crippen molar-refractivity contribution in [2.45, 2.75) is 32.1 Å². The molecule has 0 saturated heterocycles. The Bertz CT molecular complexity index is 426. The third kappa shape index (κ3) is 2.81. The van der Waals surface area contributed by atoms with E-state index in [1.165, 1.54) is 24.1 Å². The summed E-state index contributed by atoms with van der Waals surface area (Å²) >= 11 is 0. The zero-order chi connectivity index (χ0) is 10.9. The van der Waals surface area contributed by atoms with Crippen molar-refractivity contribution in [1.29, 1.82) is 0 Å². The maximum absolute atomic E-state index is 12.3. The van der Waals surface area contributed by atoms with E-state index < -0.39 is 16.0 Å². The van der Waals surface area contributed by atoms with E-state index in [9.17, 15) is 12.3 Å². The lowest BCUT2D eigenvalue weighted by atomic mass is 9.98. The standard InChI is InChI=1S/C10H14FNO2S/c11-15(13,14)6-5-9-7-8-3-1-2-4-10(8)12-9/h7,12H,1-6H2. The Labute approximate surface area is 88.9 Å². The number of halogens is 1. The Morgan fingerprint density at radius 2 is 2.07 bits per heavy atom. The van der Waals surface area contributed by atoms with Crippen LogP contribution in [0.2, 0.25) is 0 Å². The SMILES string of the molecule is O=S(=O)(F)CCc1cc2c([nH]1)CCCC2. The molecule has 0 bridgehead atoms. The molecule has 1 aromatic rings. The first-order valence-electron chi connectivity index (χ1n) is 5.16. The summed E-state index contributed by atoms with van der Waals surface area (Å²) in [4.78, 5) is 3.18. The van der Waals surface area contributed by atoms with Crippen LogP contribution >= 0.6 is 0 Å². The summed E-state index contributed by atoms with van der Waals surface area (Å²) in [5.41, 5.74) is 3.31. The number of nitrogens with one attached hydrogen (secondary N) is 1. The number of rotatable bonds is 3. The molecule has 1 heterocycles. The molecule has 3 nitrogen and oxygen atoms in total. The van der Waals surface area contributed by atoms with Gasteiger partial charge in [-0.2, -0.15) is 8.42 Å². The molecule has 0 atom stereocenters. The number of fused-ring (bicyclic) bond motifs is 1. The van der Waals surface area contributed by atoms with Gasteiger partial charge < -0.3 is 4.98 Å². The van der Waals surface area contributed by atoms with Crippen LogP contribution in [-0.4, -0.2) is 19.2 Å². The summed E-state index contributed by atoms with van der Waals surface area (Å²) < 4.78 is 33.1. The lowest BCUT2D eigenvalue weighted by molar-refractivity contribution is 0.551. The number of hydrogen-bond donors (Lipinski definition) is 1. The van der Waals surface area contributed by atoms with Gasteiger partial charge in [0.25, 0.3) is 0 Å². The summed E-state index contributed by atoms with van der Waals surface area (Å²) in [6.07, 6.45) is 4.68. The molecule has 15 heavy (non-hydrogen) atoms. The summed E-state index contributed by atoms with van der Waals surface area (Å²) in [5.74, 6) is -0.424. The molecular weight excluding hydrogens is 217 g/mol. The van der Waals surface area contributed by atoms with Crippen molar-refractivity contribution >= 4 is 10.2 Å². The normalized spacial score (nSPS) is 16.3. The smallest absolute Gasteiger partial charge is 0.302 e. The molecule has 5 heteroatoms. The van der Waals surface area contributed by atoms with E-state index in [2.05, 4.69) is 4.98 Å². The summed E-state index contributed by atoms with van der Waals surface area (Å²) in [7, 11) is -4.34. The van der Waals surface area contributed by atoms with Crippen LogP contribution in [0.3, 0.4) is 0 Å². The lowest BCUT2D eigenvalue weighted by Gasteiger charge is -2.09. The van der Waals surface area contributed by atoms with Crippen molar-refractivity contribution in [3.8, 4) is 0 Å². The van der Waals surface area contributed by atoms with Gasteiger partial charge in [0.1, 0.15) is 0 Å². The van der Waals surface area contributed by atoms with Crippen LogP contribution < -0.4 is 0 Å². The minimum Gasteiger partial charge on any atom is -0.362 e. The average molecular weight is 231 g/mol. The molecule has 0 radical (unpaired) electrons. The van der Waals surface area contributed by atoms with E-state index in [1.807, 2.05) is 6.07 Å². The van der Waals surface area contributed by atoms with Crippen LogP contribution in [0.5, 0.6) is 0 Å².